The minimum atomic E-state index is -1.19. The third-order valence-electron chi connectivity index (χ3n) is 4.35. The van der Waals surface area contributed by atoms with Gasteiger partial charge in [-0.1, -0.05) is 0 Å². The van der Waals surface area contributed by atoms with E-state index in [1.807, 2.05) is 0 Å². The molecule has 4 N–H and O–H groups in total. The molecule has 2 aliphatic rings. The molecule has 7 heteroatoms. The number of amides is 2. The molecule has 2 atom stereocenters. The molecule has 7 nitrogen and oxygen atoms in total. The Morgan fingerprint density at radius 2 is 1.86 bits per heavy atom. The predicted octanol–water partition coefficient (Wildman–Crippen LogP) is -0.334. The summed E-state index contributed by atoms with van der Waals surface area (Å²) in [7, 11) is 0. The molecule has 2 fully saturated rings. The number of carbonyl (C=O) groups excluding carboxylic acids is 3. The number of hydrogen-bond acceptors (Lipinski definition) is 5. The Labute approximate surface area is 124 Å². The van der Waals surface area contributed by atoms with Crippen LogP contribution in [0.5, 0.6) is 0 Å². The Kier molecular flexibility index (Phi) is 4.51. The highest BCUT2D eigenvalue weighted by Crippen LogP contribution is 2.34. The van der Waals surface area contributed by atoms with Crippen LogP contribution in [0, 0.1) is 0 Å². The number of nitrogens with zero attached hydrogens (tertiary/aromatic N) is 1. The zero-order valence-corrected chi connectivity index (χ0v) is 12.3. The standard InChI is InChI=1S/C14H23N3O4/c1-9(15)11(18)17-8-4-5-10(17)12(19)21-14(13(16)20)6-2-3-7-14/h9-10H,2-8,15H2,1H3,(H2,16,20)/t9-,10-/m0/s1. The molecule has 2 rings (SSSR count). The average Bonchev–Trinajstić information content (AvgIpc) is 3.06. The molecule has 1 heterocycles. The van der Waals surface area contributed by atoms with Crippen LogP contribution < -0.4 is 11.5 Å². The second kappa shape index (κ2) is 6.01. The first-order chi connectivity index (χ1) is 9.87. The predicted molar refractivity (Wildman–Crippen MR) is 74.9 cm³/mol. The highest BCUT2D eigenvalue weighted by molar-refractivity contribution is 5.91. The number of esters is 1. The van der Waals surface area contributed by atoms with Crippen molar-refractivity contribution in [3.05, 3.63) is 0 Å². The summed E-state index contributed by atoms with van der Waals surface area (Å²) in [5.74, 6) is -1.41. The lowest BCUT2D eigenvalue weighted by Crippen LogP contribution is -2.52. The summed E-state index contributed by atoms with van der Waals surface area (Å²) < 4.78 is 5.46. The van der Waals surface area contributed by atoms with Crippen molar-refractivity contribution in [3.8, 4) is 0 Å². The lowest BCUT2D eigenvalue weighted by Gasteiger charge is -2.30. The van der Waals surface area contributed by atoms with Crippen molar-refractivity contribution < 1.29 is 19.1 Å². The summed E-state index contributed by atoms with van der Waals surface area (Å²) in [4.78, 5) is 37.5. The third kappa shape index (κ3) is 3.02. The minimum Gasteiger partial charge on any atom is -0.447 e. The molecule has 21 heavy (non-hydrogen) atoms. The smallest absolute Gasteiger partial charge is 0.329 e. The van der Waals surface area contributed by atoms with Gasteiger partial charge in [0, 0.05) is 6.54 Å². The van der Waals surface area contributed by atoms with Gasteiger partial charge in [0.05, 0.1) is 6.04 Å². The van der Waals surface area contributed by atoms with Gasteiger partial charge in [-0.15, -0.1) is 0 Å². The molecule has 0 bridgehead atoms. The van der Waals surface area contributed by atoms with Gasteiger partial charge in [0.2, 0.25) is 5.91 Å². The average molecular weight is 297 g/mol. The highest BCUT2D eigenvalue weighted by atomic mass is 16.6. The molecule has 0 aromatic heterocycles. The normalized spacial score (nSPS) is 25.6. The summed E-state index contributed by atoms with van der Waals surface area (Å²) in [6.45, 7) is 2.08. The van der Waals surface area contributed by atoms with Gasteiger partial charge >= 0.3 is 5.97 Å². The van der Waals surface area contributed by atoms with E-state index in [2.05, 4.69) is 0 Å². The van der Waals surface area contributed by atoms with Crippen LogP contribution in [-0.2, 0) is 19.1 Å². The van der Waals surface area contributed by atoms with E-state index in [1.165, 1.54) is 4.90 Å². The van der Waals surface area contributed by atoms with Crippen LogP contribution in [0.15, 0.2) is 0 Å². The van der Waals surface area contributed by atoms with Crippen LogP contribution in [-0.4, -0.2) is 46.9 Å². The quantitative estimate of drug-likeness (QED) is 0.689. The second-order valence-corrected chi connectivity index (χ2v) is 5.97. The van der Waals surface area contributed by atoms with Gasteiger partial charge in [0.1, 0.15) is 6.04 Å². The molecule has 1 saturated carbocycles. The zero-order chi connectivity index (χ0) is 15.6. The Hall–Kier alpha value is -1.63. The van der Waals surface area contributed by atoms with Gasteiger partial charge in [0.15, 0.2) is 5.60 Å². The van der Waals surface area contributed by atoms with Crippen LogP contribution in [0.25, 0.3) is 0 Å². The molecule has 1 aliphatic heterocycles. The number of hydrogen-bond donors (Lipinski definition) is 2. The maximum Gasteiger partial charge on any atom is 0.329 e. The van der Waals surface area contributed by atoms with Crippen LogP contribution in [0.2, 0.25) is 0 Å². The second-order valence-electron chi connectivity index (χ2n) is 5.97. The molecule has 1 aliphatic carbocycles. The van der Waals surface area contributed by atoms with Crippen LogP contribution >= 0.6 is 0 Å². The van der Waals surface area contributed by atoms with Gasteiger partial charge < -0.3 is 21.1 Å². The maximum absolute atomic E-state index is 12.4. The van der Waals surface area contributed by atoms with Crippen LogP contribution in [0.3, 0.4) is 0 Å². The largest absolute Gasteiger partial charge is 0.447 e. The molecule has 0 spiro atoms. The van der Waals surface area contributed by atoms with Crippen molar-refractivity contribution in [1.29, 1.82) is 0 Å². The van der Waals surface area contributed by atoms with E-state index in [1.54, 1.807) is 6.92 Å². The SMILES string of the molecule is C[C@H](N)C(=O)N1CCC[C@H]1C(=O)OC1(C(N)=O)CCCC1. The van der Waals surface area contributed by atoms with E-state index >= 15 is 0 Å². The topological polar surface area (TPSA) is 116 Å². The van der Waals surface area contributed by atoms with Gasteiger partial charge in [-0.2, -0.15) is 0 Å². The molecule has 1 saturated heterocycles. The Balaban J connectivity index is 2.08. The molecule has 2 amide bonds. The third-order valence-corrected chi connectivity index (χ3v) is 4.35. The summed E-state index contributed by atoms with van der Waals surface area (Å²) >= 11 is 0. The van der Waals surface area contributed by atoms with Gasteiger partial charge in [-0.05, 0) is 45.4 Å². The molecule has 0 radical (unpaired) electrons. The fourth-order valence-corrected chi connectivity index (χ4v) is 3.14. The number of primary amides is 1. The van der Waals surface area contributed by atoms with Crippen molar-refractivity contribution in [1.82, 2.24) is 4.90 Å². The summed E-state index contributed by atoms with van der Waals surface area (Å²) in [6, 6.07) is -1.31. The van der Waals surface area contributed by atoms with E-state index in [4.69, 9.17) is 16.2 Å². The van der Waals surface area contributed by atoms with Gasteiger partial charge in [-0.25, -0.2) is 4.79 Å². The van der Waals surface area contributed by atoms with Crippen molar-refractivity contribution in [2.45, 2.75) is 63.1 Å². The van der Waals surface area contributed by atoms with Crippen molar-refractivity contribution in [2.24, 2.45) is 11.5 Å². The molecule has 118 valence electrons. The molecule has 0 aromatic carbocycles. The highest BCUT2D eigenvalue weighted by Gasteiger charge is 2.46. The minimum absolute atomic E-state index is 0.269. The van der Waals surface area contributed by atoms with Crippen LogP contribution in [0.4, 0.5) is 0 Å². The van der Waals surface area contributed by atoms with Gasteiger partial charge in [-0.3, -0.25) is 9.59 Å². The maximum atomic E-state index is 12.4. The number of carbonyl (C=O) groups is 3. The van der Waals surface area contributed by atoms with Crippen LogP contribution in [0.1, 0.15) is 45.4 Å². The number of rotatable bonds is 4. The summed E-state index contributed by atoms with van der Waals surface area (Å²) in [6.07, 6.45) is 3.80. The fourth-order valence-electron chi connectivity index (χ4n) is 3.14. The summed E-state index contributed by atoms with van der Waals surface area (Å²) in [5.41, 5.74) is 9.81. The molecule has 0 unspecified atom stereocenters. The molecular formula is C14H23N3O4. The lowest BCUT2D eigenvalue weighted by atomic mass is 10.0. The van der Waals surface area contributed by atoms with Crippen molar-refractivity contribution >= 4 is 17.8 Å². The van der Waals surface area contributed by atoms with E-state index in [9.17, 15) is 14.4 Å². The molecule has 0 aromatic rings. The van der Waals surface area contributed by atoms with Gasteiger partial charge in [0.25, 0.3) is 5.91 Å². The first-order valence-corrected chi connectivity index (χ1v) is 7.46. The molecular weight excluding hydrogens is 274 g/mol. The number of ether oxygens (including phenoxy) is 1. The lowest BCUT2D eigenvalue weighted by molar-refractivity contribution is -0.172. The fraction of sp³-hybridized carbons (Fsp3) is 0.786. The Morgan fingerprint density at radius 1 is 1.24 bits per heavy atom. The zero-order valence-electron chi connectivity index (χ0n) is 12.3. The van der Waals surface area contributed by atoms with E-state index in [0.717, 1.165) is 19.3 Å². The Morgan fingerprint density at radius 3 is 2.38 bits per heavy atom. The number of likely N-dealkylation sites (tertiary alicyclic amines) is 1. The summed E-state index contributed by atoms with van der Waals surface area (Å²) in [5, 5.41) is 0. The Bertz CT molecular complexity index is 444. The number of nitrogens with two attached hydrogens (primary N) is 2. The van der Waals surface area contributed by atoms with Crippen molar-refractivity contribution in [3.63, 3.8) is 0 Å². The first-order valence-electron chi connectivity index (χ1n) is 7.46. The van der Waals surface area contributed by atoms with E-state index in [0.29, 0.717) is 25.8 Å². The van der Waals surface area contributed by atoms with E-state index < -0.39 is 29.6 Å². The van der Waals surface area contributed by atoms with Crippen molar-refractivity contribution in [2.75, 3.05) is 6.54 Å². The monoisotopic (exact) mass is 297 g/mol. The first kappa shape index (κ1) is 15.8. The van der Waals surface area contributed by atoms with E-state index in [-0.39, 0.29) is 5.91 Å².